The average molecular weight is 366 g/mol. The minimum absolute atomic E-state index is 0.125. The Labute approximate surface area is 152 Å². The number of amides is 1. The Morgan fingerprint density at radius 2 is 2.00 bits per heavy atom. The van der Waals surface area contributed by atoms with E-state index in [1.54, 1.807) is 17.5 Å². The molecule has 4 rings (SSSR count). The molecule has 1 aromatic carbocycles. The first-order valence-electron chi connectivity index (χ1n) is 7.71. The number of pyridine rings is 1. The summed E-state index contributed by atoms with van der Waals surface area (Å²) in [5, 5.41) is 6.70. The molecule has 3 aromatic heterocycles. The van der Waals surface area contributed by atoms with Gasteiger partial charge in [-0.15, -0.1) is 22.7 Å². The van der Waals surface area contributed by atoms with Gasteiger partial charge in [0.05, 0.1) is 12.1 Å². The Balaban J connectivity index is 1.38. The lowest BCUT2D eigenvalue weighted by Crippen LogP contribution is -2.22. The van der Waals surface area contributed by atoms with E-state index in [1.165, 1.54) is 11.3 Å². The zero-order chi connectivity index (χ0) is 17.1. The highest BCUT2D eigenvalue weighted by molar-refractivity contribution is 7.16. The molecule has 4 aromatic rings. The summed E-state index contributed by atoms with van der Waals surface area (Å²) in [6, 6.07) is 17.4. The van der Waals surface area contributed by atoms with E-state index in [-0.39, 0.29) is 5.91 Å². The fourth-order valence-corrected chi connectivity index (χ4v) is 3.90. The summed E-state index contributed by atoms with van der Waals surface area (Å²) in [6.07, 6.45) is 1.62. The zero-order valence-corrected chi connectivity index (χ0v) is 14.8. The van der Waals surface area contributed by atoms with Crippen LogP contribution in [0.3, 0.4) is 0 Å². The van der Waals surface area contributed by atoms with Gasteiger partial charge in [-0.25, -0.2) is 4.98 Å². The largest absolute Gasteiger partial charge is 0.447 e. The quantitative estimate of drug-likeness (QED) is 0.536. The van der Waals surface area contributed by atoms with Crippen molar-refractivity contribution in [2.75, 3.05) is 0 Å². The van der Waals surface area contributed by atoms with Crippen molar-refractivity contribution in [2.24, 2.45) is 0 Å². The summed E-state index contributed by atoms with van der Waals surface area (Å²) in [6.45, 7) is 0.462. The van der Waals surface area contributed by atoms with Gasteiger partial charge in [-0.1, -0.05) is 18.2 Å². The van der Waals surface area contributed by atoms with Crippen molar-refractivity contribution in [3.63, 3.8) is 0 Å². The lowest BCUT2D eigenvalue weighted by Gasteiger charge is -2.04. The smallest absolute Gasteiger partial charge is 0.253 e. The van der Waals surface area contributed by atoms with Crippen LogP contribution in [0.15, 0.2) is 66.2 Å². The highest BCUT2D eigenvalue weighted by Crippen LogP contribution is 2.29. The molecule has 6 heteroatoms. The summed E-state index contributed by atoms with van der Waals surface area (Å²) >= 11 is 3.08. The maximum Gasteiger partial charge on any atom is 0.253 e. The Hall–Kier alpha value is -2.70. The van der Waals surface area contributed by atoms with Crippen molar-refractivity contribution in [3.05, 3.63) is 76.6 Å². The number of benzene rings is 1. The van der Waals surface area contributed by atoms with Crippen LogP contribution in [-0.4, -0.2) is 10.9 Å². The molecule has 4 nitrogen and oxygen atoms in total. The van der Waals surface area contributed by atoms with Crippen LogP contribution in [0, 0.1) is 0 Å². The molecule has 0 fully saturated rings. The van der Waals surface area contributed by atoms with Crippen LogP contribution >= 0.6 is 22.7 Å². The SMILES string of the molecule is O=C(NCc1ccc(Oc2ccccc2)s1)c1cnc2sccc2c1. The van der Waals surface area contributed by atoms with Gasteiger partial charge in [0.25, 0.3) is 5.91 Å². The van der Waals surface area contributed by atoms with Crippen molar-refractivity contribution in [1.82, 2.24) is 10.3 Å². The lowest BCUT2D eigenvalue weighted by molar-refractivity contribution is 0.0951. The average Bonchev–Trinajstić information content (AvgIpc) is 3.29. The third-order valence-electron chi connectivity index (χ3n) is 3.59. The van der Waals surface area contributed by atoms with Gasteiger partial charge in [0.15, 0.2) is 5.06 Å². The number of aromatic nitrogens is 1. The summed E-state index contributed by atoms with van der Waals surface area (Å²) in [5.74, 6) is 0.676. The van der Waals surface area contributed by atoms with Crippen molar-refractivity contribution in [3.8, 4) is 10.8 Å². The van der Waals surface area contributed by atoms with Gasteiger partial charge in [-0.05, 0) is 41.8 Å². The molecule has 0 aliphatic heterocycles. The molecule has 124 valence electrons. The number of thiophene rings is 2. The number of carbonyl (C=O) groups excluding carboxylic acids is 1. The summed E-state index contributed by atoms with van der Waals surface area (Å²) in [4.78, 5) is 18.6. The van der Waals surface area contributed by atoms with E-state index in [0.717, 1.165) is 25.9 Å². The molecular formula is C19H14N2O2S2. The molecule has 25 heavy (non-hydrogen) atoms. The molecule has 0 atom stereocenters. The normalized spacial score (nSPS) is 10.7. The van der Waals surface area contributed by atoms with Crippen LogP contribution in [0.4, 0.5) is 0 Å². The maximum atomic E-state index is 12.3. The predicted molar refractivity (Wildman–Crippen MR) is 102 cm³/mol. The first-order valence-corrected chi connectivity index (χ1v) is 9.40. The molecule has 0 radical (unpaired) electrons. The molecule has 3 heterocycles. The number of para-hydroxylation sites is 1. The van der Waals surface area contributed by atoms with Crippen LogP contribution in [-0.2, 0) is 6.54 Å². The third kappa shape index (κ3) is 3.70. The fourth-order valence-electron chi connectivity index (χ4n) is 2.37. The zero-order valence-electron chi connectivity index (χ0n) is 13.1. The first kappa shape index (κ1) is 15.8. The van der Waals surface area contributed by atoms with E-state index in [4.69, 9.17) is 4.74 Å². The molecule has 1 amide bonds. The number of carbonyl (C=O) groups is 1. The van der Waals surface area contributed by atoms with Gasteiger partial charge in [-0.2, -0.15) is 0 Å². The van der Waals surface area contributed by atoms with Crippen LogP contribution in [0.25, 0.3) is 10.2 Å². The Kier molecular flexibility index (Phi) is 4.45. The molecular weight excluding hydrogens is 352 g/mol. The minimum atomic E-state index is -0.125. The number of hydrogen-bond donors (Lipinski definition) is 1. The molecule has 0 spiro atoms. The van der Waals surface area contributed by atoms with Crippen LogP contribution in [0.5, 0.6) is 10.8 Å². The van der Waals surface area contributed by atoms with Gasteiger partial charge in [0.1, 0.15) is 10.6 Å². The summed E-state index contributed by atoms with van der Waals surface area (Å²) < 4.78 is 5.79. The third-order valence-corrected chi connectivity index (χ3v) is 5.39. The number of fused-ring (bicyclic) bond motifs is 1. The number of nitrogens with one attached hydrogen (secondary N) is 1. The lowest BCUT2D eigenvalue weighted by atomic mass is 10.2. The van der Waals surface area contributed by atoms with Gasteiger partial charge in [0.2, 0.25) is 0 Å². The number of rotatable bonds is 5. The molecule has 1 N–H and O–H groups in total. The van der Waals surface area contributed by atoms with Crippen molar-refractivity contribution >= 4 is 38.8 Å². The Morgan fingerprint density at radius 3 is 2.88 bits per heavy atom. The molecule has 0 saturated carbocycles. The van der Waals surface area contributed by atoms with Gasteiger partial charge in [-0.3, -0.25) is 4.79 Å². The molecule has 0 aliphatic carbocycles. The summed E-state index contributed by atoms with van der Waals surface area (Å²) in [7, 11) is 0. The van der Waals surface area contributed by atoms with E-state index in [1.807, 2.05) is 60.0 Å². The second-order valence-electron chi connectivity index (χ2n) is 5.36. The monoisotopic (exact) mass is 366 g/mol. The van der Waals surface area contributed by atoms with E-state index >= 15 is 0 Å². The second-order valence-corrected chi connectivity index (χ2v) is 7.38. The number of hydrogen-bond acceptors (Lipinski definition) is 5. The van der Waals surface area contributed by atoms with Gasteiger partial charge >= 0.3 is 0 Å². The van der Waals surface area contributed by atoms with E-state index in [0.29, 0.717) is 12.1 Å². The van der Waals surface area contributed by atoms with Crippen molar-refractivity contribution in [1.29, 1.82) is 0 Å². The second kappa shape index (κ2) is 7.04. The van der Waals surface area contributed by atoms with Gasteiger partial charge < -0.3 is 10.1 Å². The standard InChI is InChI=1S/C19H14N2O2S2/c22-18(14-10-13-8-9-24-19(13)21-11-14)20-12-16-6-7-17(25-16)23-15-4-2-1-3-5-15/h1-11H,12H2,(H,20,22). The minimum Gasteiger partial charge on any atom is -0.447 e. The molecule has 0 unspecified atom stereocenters. The van der Waals surface area contributed by atoms with Gasteiger partial charge in [0, 0.05) is 16.5 Å². The van der Waals surface area contributed by atoms with Crippen LogP contribution in [0.1, 0.15) is 15.2 Å². The Bertz CT molecular complexity index is 1010. The van der Waals surface area contributed by atoms with Crippen LogP contribution < -0.4 is 10.1 Å². The predicted octanol–water partition coefficient (Wildman–Crippen LogP) is 5.08. The summed E-state index contributed by atoms with van der Waals surface area (Å²) in [5.41, 5.74) is 0.572. The number of ether oxygens (including phenoxy) is 1. The highest BCUT2D eigenvalue weighted by atomic mass is 32.1. The fraction of sp³-hybridized carbons (Fsp3) is 0.0526. The number of nitrogens with zero attached hydrogens (tertiary/aromatic N) is 1. The maximum absolute atomic E-state index is 12.3. The van der Waals surface area contributed by atoms with Crippen molar-refractivity contribution < 1.29 is 9.53 Å². The molecule has 0 saturated heterocycles. The topological polar surface area (TPSA) is 51.2 Å². The van der Waals surface area contributed by atoms with E-state index in [9.17, 15) is 4.79 Å². The highest BCUT2D eigenvalue weighted by Gasteiger charge is 2.09. The molecule has 0 aliphatic rings. The van der Waals surface area contributed by atoms with Crippen LogP contribution in [0.2, 0.25) is 0 Å². The van der Waals surface area contributed by atoms with E-state index < -0.39 is 0 Å². The van der Waals surface area contributed by atoms with E-state index in [2.05, 4.69) is 10.3 Å². The first-order chi connectivity index (χ1) is 12.3. The molecule has 0 bridgehead atoms. The Morgan fingerprint density at radius 1 is 1.12 bits per heavy atom. The van der Waals surface area contributed by atoms with Crippen molar-refractivity contribution in [2.45, 2.75) is 6.54 Å².